The van der Waals surface area contributed by atoms with E-state index in [-0.39, 0.29) is 0 Å². The Kier molecular flexibility index (Phi) is 4.81. The molecular weight excluding hydrogens is 252 g/mol. The van der Waals surface area contributed by atoms with E-state index in [2.05, 4.69) is 49.6 Å². The minimum atomic E-state index is 0.528. The first-order chi connectivity index (χ1) is 9.06. The molecule has 1 aliphatic carbocycles. The molecule has 0 radical (unpaired) electrons. The van der Waals surface area contributed by atoms with Gasteiger partial charge >= 0.3 is 0 Å². The first-order valence-corrected chi connectivity index (χ1v) is 7.62. The Morgan fingerprint density at radius 2 is 1.89 bits per heavy atom. The van der Waals surface area contributed by atoms with Crippen LogP contribution in [0.2, 0.25) is 0 Å². The highest BCUT2D eigenvalue weighted by molar-refractivity contribution is 7.80. The zero-order valence-electron chi connectivity index (χ0n) is 12.1. The van der Waals surface area contributed by atoms with Crippen LogP contribution in [0.5, 0.6) is 0 Å². The van der Waals surface area contributed by atoms with Crippen LogP contribution in [0.3, 0.4) is 0 Å². The molecule has 2 unspecified atom stereocenters. The van der Waals surface area contributed by atoms with E-state index in [4.69, 9.17) is 12.2 Å². The minimum Gasteiger partial charge on any atom is -0.359 e. The summed E-state index contributed by atoms with van der Waals surface area (Å²) in [5, 5.41) is 7.52. The maximum Gasteiger partial charge on any atom is 0.171 e. The number of hydrogen-bond acceptors (Lipinski definition) is 1. The van der Waals surface area contributed by atoms with Crippen molar-refractivity contribution in [3.8, 4) is 0 Å². The fourth-order valence-electron chi connectivity index (χ4n) is 2.69. The lowest BCUT2D eigenvalue weighted by Gasteiger charge is -2.30. The first-order valence-electron chi connectivity index (χ1n) is 7.21. The van der Waals surface area contributed by atoms with E-state index < -0.39 is 0 Å². The summed E-state index contributed by atoms with van der Waals surface area (Å²) < 4.78 is 0. The van der Waals surface area contributed by atoms with Gasteiger partial charge in [0.2, 0.25) is 0 Å². The molecule has 0 bridgehead atoms. The van der Waals surface area contributed by atoms with E-state index in [9.17, 15) is 0 Å². The second-order valence-corrected chi connectivity index (χ2v) is 6.17. The summed E-state index contributed by atoms with van der Waals surface area (Å²) >= 11 is 5.42. The van der Waals surface area contributed by atoms with Crippen LogP contribution < -0.4 is 10.6 Å². The molecule has 3 heteroatoms. The van der Waals surface area contributed by atoms with Crippen LogP contribution in [0.25, 0.3) is 0 Å². The van der Waals surface area contributed by atoms with Gasteiger partial charge in [0.05, 0.1) is 0 Å². The molecule has 0 amide bonds. The third-order valence-corrected chi connectivity index (χ3v) is 4.41. The molecule has 19 heavy (non-hydrogen) atoms. The molecule has 1 fully saturated rings. The quantitative estimate of drug-likeness (QED) is 0.793. The molecule has 0 aliphatic heterocycles. The second kappa shape index (κ2) is 6.38. The largest absolute Gasteiger partial charge is 0.359 e. The molecule has 1 aromatic rings. The van der Waals surface area contributed by atoms with E-state index in [0.29, 0.717) is 12.0 Å². The Bertz CT molecular complexity index is 456. The summed E-state index contributed by atoms with van der Waals surface area (Å²) in [6, 6.07) is 6.89. The summed E-state index contributed by atoms with van der Waals surface area (Å²) in [5.41, 5.74) is 3.67. The van der Waals surface area contributed by atoms with Crippen molar-refractivity contribution in [2.45, 2.75) is 52.5 Å². The van der Waals surface area contributed by atoms with Gasteiger partial charge in [0, 0.05) is 11.7 Å². The van der Waals surface area contributed by atoms with Gasteiger partial charge in [0.25, 0.3) is 0 Å². The van der Waals surface area contributed by atoms with Crippen molar-refractivity contribution >= 4 is 23.0 Å². The van der Waals surface area contributed by atoms with Gasteiger partial charge in [0.1, 0.15) is 0 Å². The number of thiocarbonyl (C=S) groups is 1. The number of anilines is 1. The minimum absolute atomic E-state index is 0.528. The van der Waals surface area contributed by atoms with Crippen molar-refractivity contribution in [3.63, 3.8) is 0 Å². The molecule has 0 spiro atoms. The van der Waals surface area contributed by atoms with Crippen molar-refractivity contribution in [2.75, 3.05) is 5.32 Å². The number of hydrogen-bond donors (Lipinski definition) is 2. The molecule has 2 nitrogen and oxygen atoms in total. The lowest BCUT2D eigenvalue weighted by molar-refractivity contribution is 0.309. The van der Waals surface area contributed by atoms with E-state index >= 15 is 0 Å². The van der Waals surface area contributed by atoms with E-state index in [1.54, 1.807) is 0 Å². The van der Waals surface area contributed by atoms with Crippen molar-refractivity contribution in [1.29, 1.82) is 0 Å². The Labute approximate surface area is 122 Å². The van der Waals surface area contributed by atoms with Crippen LogP contribution in [-0.4, -0.2) is 11.2 Å². The number of nitrogens with one attached hydrogen (secondary N) is 2. The highest BCUT2D eigenvalue weighted by Crippen LogP contribution is 2.23. The molecule has 0 heterocycles. The topological polar surface area (TPSA) is 24.1 Å². The molecule has 2 atom stereocenters. The van der Waals surface area contributed by atoms with Gasteiger partial charge in [-0.15, -0.1) is 0 Å². The molecule has 2 N–H and O–H groups in total. The molecule has 1 saturated carbocycles. The van der Waals surface area contributed by atoms with Gasteiger partial charge in [-0.3, -0.25) is 0 Å². The fourth-order valence-corrected chi connectivity index (χ4v) is 2.95. The van der Waals surface area contributed by atoms with Gasteiger partial charge in [-0.2, -0.15) is 0 Å². The Balaban J connectivity index is 1.91. The number of aryl methyl sites for hydroxylation is 2. The van der Waals surface area contributed by atoms with Gasteiger partial charge in [-0.05, 0) is 68.1 Å². The summed E-state index contributed by atoms with van der Waals surface area (Å²) in [6.07, 6.45) is 5.21. The summed E-state index contributed by atoms with van der Waals surface area (Å²) in [4.78, 5) is 0. The maximum absolute atomic E-state index is 5.42. The Morgan fingerprint density at radius 1 is 1.16 bits per heavy atom. The fraction of sp³-hybridized carbons (Fsp3) is 0.562. The summed E-state index contributed by atoms with van der Waals surface area (Å²) in [6.45, 7) is 6.56. The summed E-state index contributed by atoms with van der Waals surface area (Å²) in [5.74, 6) is 0.716. The highest BCUT2D eigenvalue weighted by atomic mass is 32.1. The molecule has 104 valence electrons. The van der Waals surface area contributed by atoms with Crippen molar-refractivity contribution in [1.82, 2.24) is 5.32 Å². The van der Waals surface area contributed by atoms with Gasteiger partial charge in [-0.1, -0.05) is 25.8 Å². The third-order valence-electron chi connectivity index (χ3n) is 4.19. The zero-order valence-corrected chi connectivity index (χ0v) is 12.9. The van der Waals surface area contributed by atoms with Crippen molar-refractivity contribution in [3.05, 3.63) is 29.3 Å². The number of benzene rings is 1. The second-order valence-electron chi connectivity index (χ2n) is 5.77. The van der Waals surface area contributed by atoms with Gasteiger partial charge in [-0.25, -0.2) is 0 Å². The lowest BCUT2D eigenvalue weighted by Crippen LogP contribution is -2.43. The predicted molar refractivity (Wildman–Crippen MR) is 86.7 cm³/mol. The predicted octanol–water partition coefficient (Wildman–Crippen LogP) is 4.17. The van der Waals surface area contributed by atoms with Crippen LogP contribution in [0, 0.1) is 19.8 Å². The maximum atomic E-state index is 5.42. The standard InChI is InChI=1S/C16H24N2S/c1-11-8-9-14(10-13(11)3)17-16(19)18-15-7-5-4-6-12(15)2/h8-10,12,15H,4-7H2,1-3H3,(H2,17,18,19). The third kappa shape index (κ3) is 3.93. The van der Waals surface area contributed by atoms with Gasteiger partial charge in [0.15, 0.2) is 5.11 Å². The monoisotopic (exact) mass is 276 g/mol. The smallest absolute Gasteiger partial charge is 0.171 e. The van der Waals surface area contributed by atoms with E-state index in [1.165, 1.54) is 36.8 Å². The van der Waals surface area contributed by atoms with Crippen molar-refractivity contribution < 1.29 is 0 Å². The molecule has 2 rings (SSSR count). The average Bonchev–Trinajstić information content (AvgIpc) is 2.37. The van der Waals surface area contributed by atoms with Crippen LogP contribution in [-0.2, 0) is 0 Å². The molecular formula is C16H24N2S. The summed E-state index contributed by atoms with van der Waals surface area (Å²) in [7, 11) is 0. The number of rotatable bonds is 2. The molecule has 1 aromatic carbocycles. The van der Waals surface area contributed by atoms with Crippen molar-refractivity contribution in [2.24, 2.45) is 5.92 Å². The highest BCUT2D eigenvalue weighted by Gasteiger charge is 2.21. The Morgan fingerprint density at radius 3 is 2.58 bits per heavy atom. The van der Waals surface area contributed by atoms with E-state index in [0.717, 1.165) is 10.8 Å². The first kappa shape index (κ1) is 14.3. The van der Waals surface area contributed by atoms with Crippen LogP contribution in [0.1, 0.15) is 43.7 Å². The van der Waals surface area contributed by atoms with Gasteiger partial charge < -0.3 is 10.6 Å². The molecule has 0 aromatic heterocycles. The Hall–Kier alpha value is -1.09. The normalized spacial score (nSPS) is 22.9. The SMILES string of the molecule is Cc1ccc(NC(=S)NC2CCCCC2C)cc1C. The lowest BCUT2D eigenvalue weighted by atomic mass is 9.86. The van der Waals surface area contributed by atoms with Crippen LogP contribution in [0.4, 0.5) is 5.69 Å². The van der Waals surface area contributed by atoms with E-state index in [1.807, 2.05) is 0 Å². The average molecular weight is 276 g/mol. The van der Waals surface area contributed by atoms with Crippen LogP contribution >= 0.6 is 12.2 Å². The van der Waals surface area contributed by atoms with Crippen LogP contribution in [0.15, 0.2) is 18.2 Å². The zero-order chi connectivity index (χ0) is 13.8. The molecule has 0 saturated heterocycles. The molecule has 1 aliphatic rings.